The van der Waals surface area contributed by atoms with E-state index in [1.807, 2.05) is 0 Å². The number of hydrogen-bond donors (Lipinski definition) is 1. The van der Waals surface area contributed by atoms with Crippen LogP contribution in [0.2, 0.25) is 0 Å². The SMILES string of the molecule is O=C(O)c1coc(Oc2cccc([N+](=O)[O-])c2Br)n1. The number of oxazole rings is 1. The fourth-order valence-corrected chi connectivity index (χ4v) is 1.71. The quantitative estimate of drug-likeness (QED) is 0.677. The minimum absolute atomic E-state index is 0.0907. The van der Waals surface area contributed by atoms with Crippen molar-refractivity contribution in [1.29, 1.82) is 0 Å². The van der Waals surface area contributed by atoms with Gasteiger partial charge in [-0.1, -0.05) is 6.07 Å². The number of hydrogen-bond acceptors (Lipinski definition) is 6. The molecule has 0 spiro atoms. The molecule has 8 nitrogen and oxygen atoms in total. The molecule has 0 bridgehead atoms. The lowest BCUT2D eigenvalue weighted by Crippen LogP contribution is -1.96. The second-order valence-corrected chi connectivity index (χ2v) is 4.05. The molecule has 1 heterocycles. The first-order valence-corrected chi connectivity index (χ1v) is 5.58. The van der Waals surface area contributed by atoms with E-state index in [1.54, 1.807) is 0 Å². The molecule has 2 rings (SSSR count). The van der Waals surface area contributed by atoms with E-state index in [2.05, 4.69) is 20.9 Å². The number of halogens is 1. The Kier molecular flexibility index (Phi) is 3.47. The number of ether oxygens (including phenoxy) is 1. The second kappa shape index (κ2) is 5.06. The second-order valence-electron chi connectivity index (χ2n) is 3.25. The van der Waals surface area contributed by atoms with Crippen LogP contribution in [0.1, 0.15) is 10.5 Å². The number of carboxylic acid groups (broad SMARTS) is 1. The molecule has 98 valence electrons. The summed E-state index contributed by atoms with van der Waals surface area (Å²) in [6.07, 6.45) is 0.585. The van der Waals surface area contributed by atoms with E-state index in [-0.39, 0.29) is 27.7 Å². The maximum Gasteiger partial charge on any atom is 0.399 e. The zero-order chi connectivity index (χ0) is 14.0. The molecular formula is C10H5BrN2O6. The van der Waals surface area contributed by atoms with Crippen LogP contribution >= 0.6 is 15.9 Å². The highest BCUT2D eigenvalue weighted by Crippen LogP contribution is 2.36. The van der Waals surface area contributed by atoms with Gasteiger partial charge in [0.1, 0.15) is 10.7 Å². The van der Waals surface area contributed by atoms with E-state index >= 15 is 0 Å². The van der Waals surface area contributed by atoms with Crippen LogP contribution in [0.5, 0.6) is 11.8 Å². The maximum atomic E-state index is 10.7. The Bertz CT molecular complexity index is 653. The number of carbonyl (C=O) groups is 1. The molecule has 0 aliphatic carbocycles. The highest BCUT2D eigenvalue weighted by atomic mass is 79.9. The van der Waals surface area contributed by atoms with E-state index in [9.17, 15) is 14.9 Å². The van der Waals surface area contributed by atoms with Gasteiger partial charge in [0.15, 0.2) is 11.4 Å². The molecular weight excluding hydrogens is 324 g/mol. The van der Waals surface area contributed by atoms with Crippen molar-refractivity contribution in [3.05, 3.63) is 44.7 Å². The minimum Gasteiger partial charge on any atom is -0.476 e. The summed E-state index contributed by atoms with van der Waals surface area (Å²) in [6.45, 7) is 0. The molecule has 0 amide bonds. The van der Waals surface area contributed by atoms with Crippen molar-refractivity contribution in [3.8, 4) is 11.8 Å². The van der Waals surface area contributed by atoms with E-state index in [4.69, 9.17) is 14.3 Å². The lowest BCUT2D eigenvalue weighted by atomic mass is 10.3. The third-order valence-corrected chi connectivity index (χ3v) is 2.84. The number of aromatic carboxylic acids is 1. The Labute approximate surface area is 113 Å². The number of nitro benzene ring substituents is 1. The van der Waals surface area contributed by atoms with Crippen molar-refractivity contribution in [3.63, 3.8) is 0 Å². The summed E-state index contributed by atoms with van der Waals surface area (Å²) in [7, 11) is 0. The van der Waals surface area contributed by atoms with Gasteiger partial charge in [-0.25, -0.2) is 4.79 Å². The van der Waals surface area contributed by atoms with Crippen LogP contribution in [-0.2, 0) is 0 Å². The molecule has 0 saturated carbocycles. The standard InChI is InChI=1S/C10H5BrN2O6/c11-8-6(13(16)17)2-1-3-7(8)19-10-12-5(4-18-10)9(14)15/h1-4H,(H,14,15). The number of rotatable bonds is 4. The maximum absolute atomic E-state index is 10.7. The largest absolute Gasteiger partial charge is 0.476 e. The number of carboxylic acids is 1. The van der Waals surface area contributed by atoms with Gasteiger partial charge in [-0.3, -0.25) is 10.1 Å². The predicted molar refractivity (Wildman–Crippen MR) is 64.3 cm³/mol. The fourth-order valence-electron chi connectivity index (χ4n) is 1.22. The van der Waals surface area contributed by atoms with Gasteiger partial charge in [-0.2, -0.15) is 4.98 Å². The van der Waals surface area contributed by atoms with Crippen LogP contribution in [0.25, 0.3) is 0 Å². The Balaban J connectivity index is 2.30. The molecule has 9 heteroatoms. The zero-order valence-electron chi connectivity index (χ0n) is 9.07. The fraction of sp³-hybridized carbons (Fsp3) is 0. The van der Waals surface area contributed by atoms with Crippen molar-refractivity contribution >= 4 is 27.6 Å². The number of nitro groups is 1. The molecule has 1 aromatic carbocycles. The molecule has 0 atom stereocenters. The van der Waals surface area contributed by atoms with Crippen LogP contribution in [-0.4, -0.2) is 21.0 Å². The Hall–Kier alpha value is -2.42. The molecule has 0 aliphatic heterocycles. The van der Waals surface area contributed by atoms with Crippen LogP contribution in [0, 0.1) is 10.1 Å². The Morgan fingerprint density at radius 3 is 2.84 bits per heavy atom. The third-order valence-electron chi connectivity index (χ3n) is 2.04. The van der Waals surface area contributed by atoms with Gasteiger partial charge in [-0.15, -0.1) is 0 Å². The van der Waals surface area contributed by atoms with Gasteiger partial charge in [-0.05, 0) is 22.0 Å². The molecule has 0 saturated heterocycles. The summed E-state index contributed by atoms with van der Waals surface area (Å²) < 4.78 is 10.0. The summed E-state index contributed by atoms with van der Waals surface area (Å²) in [5.41, 5.74) is -0.515. The molecule has 0 unspecified atom stereocenters. The van der Waals surface area contributed by atoms with Crippen molar-refractivity contribution in [2.75, 3.05) is 0 Å². The first-order chi connectivity index (χ1) is 8.99. The molecule has 0 aliphatic rings. The van der Waals surface area contributed by atoms with Crippen molar-refractivity contribution < 1.29 is 24.0 Å². The normalized spacial score (nSPS) is 10.2. The van der Waals surface area contributed by atoms with Gasteiger partial charge in [0.25, 0.3) is 5.69 Å². The van der Waals surface area contributed by atoms with Gasteiger partial charge in [0.05, 0.1) is 4.92 Å². The van der Waals surface area contributed by atoms with Crippen LogP contribution < -0.4 is 4.74 Å². The van der Waals surface area contributed by atoms with Crippen molar-refractivity contribution in [2.45, 2.75) is 0 Å². The molecule has 1 aromatic heterocycles. The lowest BCUT2D eigenvalue weighted by Gasteiger charge is -2.03. The summed E-state index contributed by atoms with van der Waals surface area (Å²) in [6, 6.07) is 4.15. The summed E-state index contributed by atoms with van der Waals surface area (Å²) >= 11 is 3.02. The van der Waals surface area contributed by atoms with E-state index in [1.165, 1.54) is 18.2 Å². The van der Waals surface area contributed by atoms with Gasteiger partial charge >= 0.3 is 12.0 Å². The molecule has 0 fully saturated rings. The smallest absolute Gasteiger partial charge is 0.399 e. The third kappa shape index (κ3) is 2.71. The van der Waals surface area contributed by atoms with E-state index in [0.29, 0.717) is 0 Å². The number of nitrogens with zero attached hydrogens (tertiary/aromatic N) is 2. The highest BCUT2D eigenvalue weighted by molar-refractivity contribution is 9.10. The summed E-state index contributed by atoms with van der Waals surface area (Å²) in [5, 5.41) is 19.4. The van der Waals surface area contributed by atoms with Gasteiger partial charge in [0, 0.05) is 6.07 Å². The number of benzene rings is 1. The van der Waals surface area contributed by atoms with Crippen LogP contribution in [0.3, 0.4) is 0 Å². The Morgan fingerprint density at radius 1 is 1.53 bits per heavy atom. The first kappa shape index (κ1) is 13.0. The zero-order valence-corrected chi connectivity index (χ0v) is 10.7. The van der Waals surface area contributed by atoms with E-state index in [0.717, 1.165) is 6.26 Å². The topological polar surface area (TPSA) is 116 Å². The van der Waals surface area contributed by atoms with Gasteiger partial charge in [0.2, 0.25) is 0 Å². The lowest BCUT2D eigenvalue weighted by molar-refractivity contribution is -0.385. The summed E-state index contributed by atoms with van der Waals surface area (Å²) in [5.74, 6) is -1.18. The average Bonchev–Trinajstić information content (AvgIpc) is 2.80. The van der Waals surface area contributed by atoms with Crippen molar-refractivity contribution in [2.24, 2.45) is 0 Å². The monoisotopic (exact) mass is 328 g/mol. The average molecular weight is 329 g/mol. The van der Waals surface area contributed by atoms with Crippen LogP contribution in [0.4, 0.5) is 5.69 Å². The highest BCUT2D eigenvalue weighted by Gasteiger charge is 2.18. The van der Waals surface area contributed by atoms with Crippen LogP contribution in [0.15, 0.2) is 33.4 Å². The molecule has 19 heavy (non-hydrogen) atoms. The molecule has 1 N–H and O–H groups in total. The first-order valence-electron chi connectivity index (χ1n) is 4.78. The summed E-state index contributed by atoms with van der Waals surface area (Å²) in [4.78, 5) is 24.3. The number of aromatic nitrogens is 1. The Morgan fingerprint density at radius 2 is 2.26 bits per heavy atom. The van der Waals surface area contributed by atoms with Gasteiger partial charge < -0.3 is 14.3 Å². The van der Waals surface area contributed by atoms with E-state index < -0.39 is 10.9 Å². The molecule has 2 aromatic rings. The van der Waals surface area contributed by atoms with Crippen molar-refractivity contribution in [1.82, 2.24) is 4.98 Å². The predicted octanol–water partition coefficient (Wildman–Crippen LogP) is 2.84. The minimum atomic E-state index is -1.27. The molecule has 0 radical (unpaired) electrons.